The minimum atomic E-state index is -4.39. The Labute approximate surface area is 238 Å². The third-order valence-electron chi connectivity index (χ3n) is 5.97. The van der Waals surface area contributed by atoms with E-state index in [4.69, 9.17) is 12.2 Å². The Bertz CT molecular complexity index is 1380. The van der Waals surface area contributed by atoms with E-state index in [0.717, 1.165) is 41.0 Å². The maximum atomic E-state index is 12.9. The number of thioether (sulfide) groups is 1. The SMILES string of the molecule is Cc1ccc(C=C2SC(=S)N(CCCCCC(=O)Nc3ncc(Cc4cccc(C(F)(F)F)c4)s3)C2=O)cc1. The molecule has 11 heteroatoms. The second kappa shape index (κ2) is 12.9. The van der Waals surface area contributed by atoms with Crippen LogP contribution in [0, 0.1) is 6.92 Å². The fourth-order valence-electron chi connectivity index (χ4n) is 3.93. The van der Waals surface area contributed by atoms with Crippen LogP contribution >= 0.6 is 35.3 Å². The Hall–Kier alpha value is -3.02. The Balaban J connectivity index is 1.18. The summed E-state index contributed by atoms with van der Waals surface area (Å²) in [6.45, 7) is 2.51. The Morgan fingerprint density at radius 2 is 1.90 bits per heavy atom. The van der Waals surface area contributed by atoms with Gasteiger partial charge in [0, 0.05) is 30.5 Å². The number of thiocarbonyl (C=S) groups is 1. The zero-order valence-electron chi connectivity index (χ0n) is 21.1. The molecule has 2 amide bonds. The number of alkyl halides is 3. The quantitative estimate of drug-likeness (QED) is 0.151. The summed E-state index contributed by atoms with van der Waals surface area (Å²) >= 11 is 7.94. The van der Waals surface area contributed by atoms with Crippen molar-refractivity contribution in [3.63, 3.8) is 0 Å². The number of aryl methyl sites for hydroxylation is 1. The number of halogens is 3. The topological polar surface area (TPSA) is 62.3 Å². The minimum absolute atomic E-state index is 0.0898. The second-order valence-electron chi connectivity index (χ2n) is 9.11. The molecule has 0 spiro atoms. The van der Waals surface area contributed by atoms with E-state index >= 15 is 0 Å². The number of anilines is 1. The number of hydrogen-bond acceptors (Lipinski definition) is 6. The summed E-state index contributed by atoms with van der Waals surface area (Å²) in [7, 11) is 0. The number of aromatic nitrogens is 1. The predicted molar refractivity (Wildman–Crippen MR) is 155 cm³/mol. The smallest absolute Gasteiger partial charge is 0.302 e. The van der Waals surface area contributed by atoms with Crippen LogP contribution in [0.25, 0.3) is 6.08 Å². The van der Waals surface area contributed by atoms with Gasteiger partial charge in [-0.25, -0.2) is 4.98 Å². The largest absolute Gasteiger partial charge is 0.416 e. The minimum Gasteiger partial charge on any atom is -0.302 e. The van der Waals surface area contributed by atoms with Crippen molar-refractivity contribution in [3.8, 4) is 0 Å². The molecule has 1 N–H and O–H groups in total. The number of nitrogens with zero attached hydrogens (tertiary/aromatic N) is 2. The lowest BCUT2D eigenvalue weighted by Crippen LogP contribution is -2.29. The van der Waals surface area contributed by atoms with Crippen LogP contribution in [0.3, 0.4) is 0 Å². The maximum Gasteiger partial charge on any atom is 0.416 e. The van der Waals surface area contributed by atoms with Crippen molar-refractivity contribution in [3.05, 3.63) is 86.8 Å². The molecule has 0 saturated carbocycles. The van der Waals surface area contributed by atoms with Gasteiger partial charge in [-0.2, -0.15) is 13.2 Å². The first kappa shape index (κ1) is 29.0. The normalized spacial score (nSPS) is 14.9. The molecule has 2 heterocycles. The average Bonchev–Trinajstić information content (AvgIpc) is 3.43. The van der Waals surface area contributed by atoms with Crippen LogP contribution in [0.2, 0.25) is 0 Å². The average molecular weight is 590 g/mol. The van der Waals surface area contributed by atoms with E-state index in [1.165, 1.54) is 29.2 Å². The van der Waals surface area contributed by atoms with Gasteiger partial charge < -0.3 is 5.32 Å². The lowest BCUT2D eigenvalue weighted by molar-refractivity contribution is -0.137. The summed E-state index contributed by atoms with van der Waals surface area (Å²) in [5.74, 6) is -0.269. The first-order valence-corrected chi connectivity index (χ1v) is 14.4. The maximum absolute atomic E-state index is 12.9. The number of benzene rings is 2. The molecular weight excluding hydrogens is 564 g/mol. The van der Waals surface area contributed by atoms with Gasteiger partial charge in [-0.05, 0) is 43.0 Å². The van der Waals surface area contributed by atoms with E-state index in [2.05, 4.69) is 10.3 Å². The Kier molecular flexibility index (Phi) is 9.58. The van der Waals surface area contributed by atoms with E-state index in [1.54, 1.807) is 17.2 Å². The van der Waals surface area contributed by atoms with E-state index in [1.807, 2.05) is 37.3 Å². The van der Waals surface area contributed by atoms with E-state index < -0.39 is 11.7 Å². The number of unbranched alkanes of at least 4 members (excludes halogenated alkanes) is 2. The van der Waals surface area contributed by atoms with Crippen LogP contribution in [-0.4, -0.2) is 32.6 Å². The zero-order chi connectivity index (χ0) is 28.0. The van der Waals surface area contributed by atoms with E-state index in [9.17, 15) is 22.8 Å². The van der Waals surface area contributed by atoms with Gasteiger partial charge in [-0.15, -0.1) is 11.3 Å². The second-order valence-corrected chi connectivity index (χ2v) is 11.9. The van der Waals surface area contributed by atoms with Crippen LogP contribution in [-0.2, 0) is 22.2 Å². The monoisotopic (exact) mass is 589 g/mol. The lowest BCUT2D eigenvalue weighted by Gasteiger charge is -2.14. The molecule has 1 saturated heterocycles. The summed E-state index contributed by atoms with van der Waals surface area (Å²) in [6.07, 6.45) is 1.74. The van der Waals surface area contributed by atoms with Crippen molar-refractivity contribution in [1.29, 1.82) is 0 Å². The Morgan fingerprint density at radius 1 is 1.13 bits per heavy atom. The molecule has 0 aliphatic carbocycles. The van der Waals surface area contributed by atoms with Gasteiger partial charge in [0.05, 0.1) is 10.5 Å². The molecule has 5 nitrogen and oxygen atoms in total. The first-order valence-electron chi connectivity index (χ1n) is 12.3. The number of carbonyl (C=O) groups excluding carboxylic acids is 2. The van der Waals surface area contributed by atoms with Crippen molar-refractivity contribution < 1.29 is 22.8 Å². The van der Waals surface area contributed by atoms with Crippen LogP contribution < -0.4 is 5.32 Å². The van der Waals surface area contributed by atoms with Crippen molar-refractivity contribution in [2.45, 2.75) is 45.2 Å². The van der Waals surface area contributed by atoms with Crippen molar-refractivity contribution >= 4 is 62.7 Å². The highest BCUT2D eigenvalue weighted by Crippen LogP contribution is 2.33. The molecule has 1 aliphatic heterocycles. The summed E-state index contributed by atoms with van der Waals surface area (Å²) in [5, 5.41) is 3.17. The predicted octanol–water partition coefficient (Wildman–Crippen LogP) is 7.46. The number of hydrogen-bond donors (Lipinski definition) is 1. The summed E-state index contributed by atoms with van der Waals surface area (Å²) in [5.41, 5.74) is 1.94. The standard InChI is InChI=1S/C28H26F3N3O2S3/c1-18-9-11-19(12-10-18)16-23-25(36)34(27(37)39-23)13-4-2-3-8-24(35)33-26-32-17-22(38-26)15-20-6-5-7-21(14-20)28(29,30)31/h5-7,9-12,14,16-17H,2-4,8,13,15H2,1H3,(H,32,33,35). The van der Waals surface area contributed by atoms with Crippen LogP contribution in [0.15, 0.2) is 59.6 Å². The molecule has 39 heavy (non-hydrogen) atoms. The molecule has 1 fully saturated rings. The van der Waals surface area contributed by atoms with Crippen molar-refractivity contribution in [1.82, 2.24) is 9.88 Å². The van der Waals surface area contributed by atoms with Crippen LogP contribution in [0.1, 0.15) is 52.8 Å². The highest BCUT2D eigenvalue weighted by Gasteiger charge is 2.31. The first-order chi connectivity index (χ1) is 18.6. The fraction of sp³-hybridized carbons (Fsp3) is 0.286. The molecule has 0 atom stereocenters. The summed E-state index contributed by atoms with van der Waals surface area (Å²) in [4.78, 5) is 32.3. The van der Waals surface area contributed by atoms with Gasteiger partial charge in [-0.1, -0.05) is 78.4 Å². The van der Waals surface area contributed by atoms with Crippen LogP contribution in [0.5, 0.6) is 0 Å². The van der Waals surface area contributed by atoms with Gasteiger partial charge in [0.2, 0.25) is 5.91 Å². The van der Waals surface area contributed by atoms with Gasteiger partial charge in [0.25, 0.3) is 5.91 Å². The number of nitrogens with one attached hydrogen (secondary N) is 1. The molecule has 3 aromatic rings. The molecule has 2 aromatic carbocycles. The molecule has 204 valence electrons. The van der Waals surface area contributed by atoms with Crippen molar-refractivity contribution in [2.24, 2.45) is 0 Å². The number of rotatable bonds is 10. The molecule has 1 aliphatic rings. The molecule has 4 rings (SSSR count). The highest BCUT2D eigenvalue weighted by atomic mass is 32.2. The van der Waals surface area contributed by atoms with Gasteiger partial charge in [0.1, 0.15) is 4.32 Å². The summed E-state index contributed by atoms with van der Waals surface area (Å²) in [6, 6.07) is 13.1. The van der Waals surface area contributed by atoms with E-state index in [0.29, 0.717) is 45.7 Å². The third-order valence-corrected chi connectivity index (χ3v) is 8.26. The molecular formula is C28H26F3N3O2S3. The lowest BCUT2D eigenvalue weighted by atomic mass is 10.1. The summed E-state index contributed by atoms with van der Waals surface area (Å²) < 4.78 is 39.3. The van der Waals surface area contributed by atoms with Crippen molar-refractivity contribution in [2.75, 3.05) is 11.9 Å². The van der Waals surface area contributed by atoms with Gasteiger partial charge >= 0.3 is 6.18 Å². The third kappa shape index (κ3) is 8.23. The molecule has 0 bridgehead atoms. The molecule has 0 radical (unpaired) electrons. The Morgan fingerprint density at radius 3 is 2.64 bits per heavy atom. The number of carbonyl (C=O) groups is 2. The highest BCUT2D eigenvalue weighted by molar-refractivity contribution is 8.26. The van der Waals surface area contributed by atoms with Gasteiger partial charge in [0.15, 0.2) is 5.13 Å². The van der Waals surface area contributed by atoms with Gasteiger partial charge in [-0.3, -0.25) is 14.5 Å². The molecule has 0 unspecified atom stereocenters. The molecule has 1 aromatic heterocycles. The number of thiazole rings is 1. The zero-order valence-corrected chi connectivity index (χ0v) is 23.5. The number of amides is 2. The van der Waals surface area contributed by atoms with Crippen LogP contribution in [0.4, 0.5) is 18.3 Å². The van der Waals surface area contributed by atoms with E-state index in [-0.39, 0.29) is 11.8 Å². The fourth-order valence-corrected chi connectivity index (χ4v) is 6.10.